The Morgan fingerprint density at radius 1 is 1.52 bits per heavy atom. The Hall–Kier alpha value is -1.54. The summed E-state index contributed by atoms with van der Waals surface area (Å²) in [5.74, 6) is -0.605. The summed E-state index contributed by atoms with van der Waals surface area (Å²) in [6.45, 7) is 2.00. The molecule has 3 N–H and O–H groups in total. The van der Waals surface area contributed by atoms with Gasteiger partial charge >= 0.3 is 0 Å². The Labute approximate surface area is 144 Å². The van der Waals surface area contributed by atoms with Crippen LogP contribution in [0.25, 0.3) is 0 Å². The maximum atomic E-state index is 13.2. The number of methoxy groups -OCH3 is 1. The van der Waals surface area contributed by atoms with E-state index >= 15 is 0 Å². The number of carbonyl (C=O) groups is 1. The van der Waals surface area contributed by atoms with Crippen LogP contribution in [-0.2, 0) is 16.0 Å². The zero-order valence-electron chi connectivity index (χ0n) is 12.8. The van der Waals surface area contributed by atoms with E-state index in [0.717, 1.165) is 16.1 Å². The summed E-state index contributed by atoms with van der Waals surface area (Å²) in [6, 6.07) is 5.70. The van der Waals surface area contributed by atoms with Gasteiger partial charge in [-0.05, 0) is 24.6 Å². The number of carbonyl (C=O) groups excluding carboxylic acids is 1. The van der Waals surface area contributed by atoms with Crippen molar-refractivity contribution in [2.24, 2.45) is 5.73 Å². The van der Waals surface area contributed by atoms with Gasteiger partial charge in [-0.3, -0.25) is 4.79 Å². The molecule has 0 radical (unpaired) electrons. The lowest BCUT2D eigenvalue weighted by Crippen LogP contribution is -2.39. The van der Waals surface area contributed by atoms with Gasteiger partial charge in [0.1, 0.15) is 11.9 Å². The van der Waals surface area contributed by atoms with Crippen molar-refractivity contribution in [3.05, 3.63) is 46.2 Å². The first-order valence-corrected chi connectivity index (χ1v) is 7.57. The maximum Gasteiger partial charge on any atom is 0.245 e. The SMILES string of the molecule is COCC(N)C(=O)Nc1nc(C)c(Cc2cccc(F)c2)s1.Cl. The molecule has 0 aliphatic heterocycles. The van der Waals surface area contributed by atoms with Gasteiger partial charge in [-0.1, -0.05) is 12.1 Å². The molecule has 1 heterocycles. The number of ether oxygens (including phenoxy) is 1. The van der Waals surface area contributed by atoms with Crippen molar-refractivity contribution < 1.29 is 13.9 Å². The number of nitrogens with zero attached hydrogens (tertiary/aromatic N) is 1. The highest BCUT2D eigenvalue weighted by molar-refractivity contribution is 7.15. The van der Waals surface area contributed by atoms with E-state index in [4.69, 9.17) is 10.5 Å². The van der Waals surface area contributed by atoms with Crippen LogP contribution in [0.2, 0.25) is 0 Å². The minimum absolute atomic E-state index is 0. The van der Waals surface area contributed by atoms with E-state index in [0.29, 0.717) is 11.6 Å². The standard InChI is InChI=1S/C15H18FN3O2S.ClH/c1-9-13(7-10-4-3-5-11(16)6-10)22-15(18-9)19-14(20)12(17)8-21-2;/h3-6,12H,7-8,17H2,1-2H3,(H,18,19,20);1H. The Bertz CT molecular complexity index is 666. The van der Waals surface area contributed by atoms with Crippen molar-refractivity contribution in [2.45, 2.75) is 19.4 Å². The molecule has 0 saturated heterocycles. The molecule has 126 valence electrons. The van der Waals surface area contributed by atoms with Gasteiger partial charge in [0, 0.05) is 18.4 Å². The highest BCUT2D eigenvalue weighted by atomic mass is 35.5. The average Bonchev–Trinajstić information content (AvgIpc) is 2.79. The van der Waals surface area contributed by atoms with E-state index < -0.39 is 6.04 Å². The highest BCUT2D eigenvalue weighted by Crippen LogP contribution is 2.25. The molecular weight excluding hydrogens is 341 g/mol. The summed E-state index contributed by atoms with van der Waals surface area (Å²) in [5, 5.41) is 3.16. The molecule has 2 rings (SSSR count). The molecule has 0 bridgehead atoms. The van der Waals surface area contributed by atoms with Crippen molar-refractivity contribution in [2.75, 3.05) is 19.0 Å². The number of benzene rings is 1. The number of thiazole rings is 1. The topological polar surface area (TPSA) is 77.2 Å². The molecule has 0 spiro atoms. The monoisotopic (exact) mass is 359 g/mol. The molecule has 1 amide bonds. The van der Waals surface area contributed by atoms with Crippen molar-refractivity contribution >= 4 is 34.8 Å². The Morgan fingerprint density at radius 3 is 2.91 bits per heavy atom. The smallest absolute Gasteiger partial charge is 0.245 e. The van der Waals surface area contributed by atoms with Crippen molar-refractivity contribution in [1.29, 1.82) is 0 Å². The third kappa shape index (κ3) is 5.54. The second-order valence-electron chi connectivity index (χ2n) is 4.89. The second-order valence-corrected chi connectivity index (χ2v) is 5.97. The zero-order valence-corrected chi connectivity index (χ0v) is 14.5. The quantitative estimate of drug-likeness (QED) is 0.830. The van der Waals surface area contributed by atoms with Gasteiger partial charge in [-0.25, -0.2) is 9.37 Å². The van der Waals surface area contributed by atoms with Crippen LogP contribution in [0.5, 0.6) is 0 Å². The first kappa shape index (κ1) is 19.5. The summed E-state index contributed by atoms with van der Waals surface area (Å²) in [7, 11) is 1.48. The highest BCUT2D eigenvalue weighted by Gasteiger charge is 2.16. The number of amides is 1. The van der Waals surface area contributed by atoms with Gasteiger partial charge in [-0.2, -0.15) is 0 Å². The fourth-order valence-electron chi connectivity index (χ4n) is 1.93. The molecular formula is C15H19ClFN3O2S. The number of hydrogen-bond acceptors (Lipinski definition) is 5. The number of nitrogens with two attached hydrogens (primary N) is 1. The molecule has 23 heavy (non-hydrogen) atoms. The van der Waals surface area contributed by atoms with Crippen LogP contribution in [0.15, 0.2) is 24.3 Å². The van der Waals surface area contributed by atoms with Gasteiger partial charge in [0.2, 0.25) is 5.91 Å². The molecule has 1 atom stereocenters. The van der Waals surface area contributed by atoms with Gasteiger partial charge in [-0.15, -0.1) is 23.7 Å². The van der Waals surface area contributed by atoms with E-state index in [9.17, 15) is 9.18 Å². The van der Waals surface area contributed by atoms with Crippen molar-refractivity contribution in [3.8, 4) is 0 Å². The number of aryl methyl sites for hydroxylation is 1. The fourth-order valence-corrected chi connectivity index (χ4v) is 2.93. The number of anilines is 1. The summed E-state index contributed by atoms with van der Waals surface area (Å²) in [5.41, 5.74) is 7.33. The Morgan fingerprint density at radius 2 is 2.26 bits per heavy atom. The molecule has 8 heteroatoms. The van der Waals surface area contributed by atoms with E-state index in [1.165, 1.54) is 30.6 Å². The molecule has 1 aromatic heterocycles. The van der Waals surface area contributed by atoms with Crippen LogP contribution < -0.4 is 11.1 Å². The molecule has 1 aromatic carbocycles. The molecule has 0 aliphatic carbocycles. The molecule has 0 aliphatic rings. The zero-order chi connectivity index (χ0) is 16.1. The van der Waals surface area contributed by atoms with Gasteiger partial charge < -0.3 is 15.8 Å². The minimum Gasteiger partial charge on any atom is -0.383 e. The maximum absolute atomic E-state index is 13.2. The van der Waals surface area contributed by atoms with Crippen LogP contribution in [0, 0.1) is 12.7 Å². The summed E-state index contributed by atoms with van der Waals surface area (Å²) in [6.07, 6.45) is 0.571. The third-order valence-corrected chi connectivity index (χ3v) is 4.13. The number of nitrogens with one attached hydrogen (secondary N) is 1. The lowest BCUT2D eigenvalue weighted by atomic mass is 10.1. The predicted molar refractivity (Wildman–Crippen MR) is 91.8 cm³/mol. The molecule has 0 saturated carbocycles. The van der Waals surface area contributed by atoms with Crippen molar-refractivity contribution in [1.82, 2.24) is 4.98 Å². The summed E-state index contributed by atoms with van der Waals surface area (Å²) >= 11 is 1.36. The molecule has 5 nitrogen and oxygen atoms in total. The van der Waals surface area contributed by atoms with Crippen LogP contribution in [-0.4, -0.2) is 30.6 Å². The van der Waals surface area contributed by atoms with Crippen LogP contribution in [0.4, 0.5) is 9.52 Å². The van der Waals surface area contributed by atoms with E-state index in [-0.39, 0.29) is 30.7 Å². The average molecular weight is 360 g/mol. The Balaban J connectivity index is 0.00000264. The second kappa shape index (κ2) is 8.93. The lowest BCUT2D eigenvalue weighted by molar-refractivity contribution is -0.118. The predicted octanol–water partition coefficient (Wildman–Crippen LogP) is 2.52. The van der Waals surface area contributed by atoms with E-state index in [1.54, 1.807) is 6.07 Å². The lowest BCUT2D eigenvalue weighted by Gasteiger charge is -2.08. The number of aromatic nitrogens is 1. The molecule has 0 fully saturated rings. The molecule has 1 unspecified atom stereocenters. The van der Waals surface area contributed by atoms with Crippen LogP contribution >= 0.6 is 23.7 Å². The summed E-state index contributed by atoms with van der Waals surface area (Å²) in [4.78, 5) is 17.1. The van der Waals surface area contributed by atoms with Crippen LogP contribution in [0.3, 0.4) is 0 Å². The number of hydrogen-bond donors (Lipinski definition) is 2. The normalized spacial score (nSPS) is 11.7. The summed E-state index contributed by atoms with van der Waals surface area (Å²) < 4.78 is 18.1. The van der Waals surface area contributed by atoms with Gasteiger partial charge in [0.15, 0.2) is 5.13 Å². The minimum atomic E-state index is -0.735. The third-order valence-electron chi connectivity index (χ3n) is 3.06. The Kier molecular flexibility index (Phi) is 7.57. The number of rotatable bonds is 6. The van der Waals surface area contributed by atoms with E-state index in [2.05, 4.69) is 10.3 Å². The largest absolute Gasteiger partial charge is 0.383 e. The number of halogens is 2. The first-order chi connectivity index (χ1) is 10.5. The molecule has 2 aromatic rings. The van der Waals surface area contributed by atoms with Crippen molar-refractivity contribution in [3.63, 3.8) is 0 Å². The first-order valence-electron chi connectivity index (χ1n) is 6.75. The van der Waals surface area contributed by atoms with Gasteiger partial charge in [0.05, 0.1) is 12.3 Å². The fraction of sp³-hybridized carbons (Fsp3) is 0.333. The van der Waals surface area contributed by atoms with Gasteiger partial charge in [0.25, 0.3) is 0 Å². The van der Waals surface area contributed by atoms with E-state index in [1.807, 2.05) is 13.0 Å². The van der Waals surface area contributed by atoms with Crippen LogP contribution in [0.1, 0.15) is 16.1 Å².